The molecule has 12 heteroatoms. The molecule has 1 aliphatic heterocycles. The average molecular weight is 369 g/mol. The van der Waals surface area contributed by atoms with E-state index in [0.717, 1.165) is 40.2 Å². The number of hydrogen-bond acceptors (Lipinski definition) is 5. The number of fused-ring (bicyclic) bond motifs is 1. The Kier molecular flexibility index (Phi) is 4.10. The summed E-state index contributed by atoms with van der Waals surface area (Å²) in [6.45, 7) is -0.747. The van der Waals surface area contributed by atoms with E-state index in [1.165, 1.54) is 0 Å². The third kappa shape index (κ3) is 3.34. The van der Waals surface area contributed by atoms with Crippen molar-refractivity contribution in [2.45, 2.75) is 12.7 Å². The lowest BCUT2D eigenvalue weighted by molar-refractivity contribution is -0.389. The number of anilines is 2. The van der Waals surface area contributed by atoms with E-state index in [4.69, 9.17) is 0 Å². The summed E-state index contributed by atoms with van der Waals surface area (Å²) in [4.78, 5) is 38.6. The van der Waals surface area contributed by atoms with Crippen molar-refractivity contribution >= 4 is 29.0 Å². The number of benzene rings is 1. The highest BCUT2D eigenvalue weighted by Crippen LogP contribution is 2.37. The SMILES string of the molecule is O=C1CN(C(=O)Cn2cnc([N+](=O)[O-])c2)c2ccc(C(F)(F)F)cc2N1. The van der Waals surface area contributed by atoms with Crippen LogP contribution in [0.25, 0.3) is 0 Å². The molecule has 1 N–H and O–H groups in total. The first-order chi connectivity index (χ1) is 12.1. The van der Waals surface area contributed by atoms with Gasteiger partial charge in [0.25, 0.3) is 0 Å². The Bertz CT molecular complexity index is 908. The number of amides is 2. The molecule has 0 aliphatic carbocycles. The van der Waals surface area contributed by atoms with Crippen LogP contribution in [0.3, 0.4) is 0 Å². The molecule has 1 aromatic carbocycles. The van der Waals surface area contributed by atoms with Crippen LogP contribution >= 0.6 is 0 Å². The first-order valence-corrected chi connectivity index (χ1v) is 7.13. The Morgan fingerprint density at radius 2 is 2.12 bits per heavy atom. The Labute approximate surface area is 143 Å². The molecule has 2 heterocycles. The third-order valence-electron chi connectivity index (χ3n) is 3.62. The number of rotatable bonds is 3. The molecular formula is C14H10F3N5O4. The molecule has 2 amide bonds. The molecule has 0 unspecified atom stereocenters. The van der Waals surface area contributed by atoms with Crippen LogP contribution in [-0.4, -0.2) is 32.8 Å². The maximum atomic E-state index is 12.8. The van der Waals surface area contributed by atoms with Gasteiger partial charge in [0, 0.05) is 0 Å². The van der Waals surface area contributed by atoms with Gasteiger partial charge < -0.3 is 20.0 Å². The maximum Gasteiger partial charge on any atom is 0.416 e. The minimum absolute atomic E-state index is 0.109. The summed E-state index contributed by atoms with van der Waals surface area (Å²) < 4.78 is 39.6. The number of nitro groups is 1. The average Bonchev–Trinajstić information content (AvgIpc) is 3.01. The number of halogens is 3. The Morgan fingerprint density at radius 3 is 2.73 bits per heavy atom. The van der Waals surface area contributed by atoms with Crippen LogP contribution in [0.4, 0.5) is 30.4 Å². The number of alkyl halides is 3. The zero-order chi connectivity index (χ0) is 19.1. The first kappa shape index (κ1) is 17.4. The van der Waals surface area contributed by atoms with E-state index >= 15 is 0 Å². The molecule has 2 aromatic rings. The van der Waals surface area contributed by atoms with Gasteiger partial charge in [-0.25, -0.2) is 0 Å². The van der Waals surface area contributed by atoms with Crippen molar-refractivity contribution in [1.82, 2.24) is 9.55 Å². The summed E-state index contributed by atoms with van der Waals surface area (Å²) in [7, 11) is 0. The summed E-state index contributed by atoms with van der Waals surface area (Å²) in [6.07, 6.45) is -2.48. The Balaban J connectivity index is 1.87. The van der Waals surface area contributed by atoms with Gasteiger partial charge in [0.15, 0.2) is 0 Å². The molecule has 0 spiro atoms. The van der Waals surface area contributed by atoms with Crippen LogP contribution in [0, 0.1) is 10.1 Å². The molecule has 0 saturated heterocycles. The molecule has 0 atom stereocenters. The highest BCUT2D eigenvalue weighted by atomic mass is 19.4. The summed E-state index contributed by atoms with van der Waals surface area (Å²) in [5.41, 5.74) is -0.991. The minimum atomic E-state index is -4.60. The molecule has 1 aliphatic rings. The second-order valence-corrected chi connectivity index (χ2v) is 5.42. The van der Waals surface area contributed by atoms with Gasteiger partial charge in [0.1, 0.15) is 19.3 Å². The van der Waals surface area contributed by atoms with Gasteiger partial charge >= 0.3 is 12.0 Å². The van der Waals surface area contributed by atoms with Crippen molar-refractivity contribution in [3.8, 4) is 0 Å². The molecule has 3 rings (SSSR count). The van der Waals surface area contributed by atoms with E-state index in [-0.39, 0.29) is 24.5 Å². The fourth-order valence-corrected chi connectivity index (χ4v) is 2.46. The number of aromatic nitrogens is 2. The van der Waals surface area contributed by atoms with Crippen LogP contribution in [0.15, 0.2) is 30.7 Å². The molecule has 0 saturated carbocycles. The molecule has 0 fully saturated rings. The molecule has 1 aromatic heterocycles. The number of imidazole rings is 1. The third-order valence-corrected chi connectivity index (χ3v) is 3.62. The standard InChI is InChI=1S/C14H10F3N5O4/c15-14(16,17)8-1-2-10-9(3-8)19-12(23)5-21(10)13(24)6-20-4-11(18-7-20)22(25)26/h1-4,7H,5-6H2,(H,19,23). The van der Waals surface area contributed by atoms with Gasteiger partial charge in [-0.1, -0.05) is 0 Å². The number of carbonyl (C=O) groups is 2. The van der Waals surface area contributed by atoms with Gasteiger partial charge in [-0.3, -0.25) is 14.5 Å². The fraction of sp³-hybridized carbons (Fsp3) is 0.214. The van der Waals surface area contributed by atoms with Gasteiger partial charge in [0.05, 0.1) is 16.9 Å². The molecule has 0 radical (unpaired) electrons. The van der Waals surface area contributed by atoms with Crippen LogP contribution in [0.5, 0.6) is 0 Å². The van der Waals surface area contributed by atoms with Crippen molar-refractivity contribution < 1.29 is 27.7 Å². The van der Waals surface area contributed by atoms with Crippen molar-refractivity contribution in [1.29, 1.82) is 0 Å². The van der Waals surface area contributed by atoms with E-state index in [9.17, 15) is 32.9 Å². The highest BCUT2D eigenvalue weighted by Gasteiger charge is 2.34. The summed E-state index contributed by atoms with van der Waals surface area (Å²) in [5, 5.41) is 12.9. The van der Waals surface area contributed by atoms with Crippen molar-refractivity contribution in [3.63, 3.8) is 0 Å². The monoisotopic (exact) mass is 369 g/mol. The van der Waals surface area contributed by atoms with Crippen LogP contribution in [-0.2, 0) is 22.3 Å². The predicted molar refractivity (Wildman–Crippen MR) is 81.3 cm³/mol. The van der Waals surface area contributed by atoms with Crippen molar-refractivity contribution in [3.05, 3.63) is 46.4 Å². The van der Waals surface area contributed by atoms with Gasteiger partial charge in [0.2, 0.25) is 18.1 Å². The summed E-state index contributed by atoms with van der Waals surface area (Å²) in [6, 6.07) is 2.64. The van der Waals surface area contributed by atoms with E-state index in [1.807, 2.05) is 0 Å². The topological polar surface area (TPSA) is 110 Å². The zero-order valence-corrected chi connectivity index (χ0v) is 12.9. The van der Waals surface area contributed by atoms with E-state index in [2.05, 4.69) is 10.3 Å². The van der Waals surface area contributed by atoms with Gasteiger partial charge in [-0.2, -0.15) is 13.2 Å². The molecule has 26 heavy (non-hydrogen) atoms. The summed E-state index contributed by atoms with van der Waals surface area (Å²) >= 11 is 0. The lowest BCUT2D eigenvalue weighted by Crippen LogP contribution is -2.43. The van der Waals surface area contributed by atoms with Crippen molar-refractivity contribution in [2.24, 2.45) is 0 Å². The minimum Gasteiger partial charge on any atom is -0.358 e. The van der Waals surface area contributed by atoms with E-state index in [0.29, 0.717) is 0 Å². The molecule has 136 valence electrons. The zero-order valence-electron chi connectivity index (χ0n) is 12.9. The number of nitrogens with one attached hydrogen (secondary N) is 1. The van der Waals surface area contributed by atoms with Gasteiger partial charge in [-0.15, -0.1) is 0 Å². The summed E-state index contributed by atoms with van der Waals surface area (Å²) in [5.74, 6) is -1.74. The second-order valence-electron chi connectivity index (χ2n) is 5.42. The second kappa shape index (κ2) is 6.13. The van der Waals surface area contributed by atoms with Crippen LogP contribution in [0.2, 0.25) is 0 Å². The predicted octanol–water partition coefficient (Wildman–Crippen LogP) is 1.80. The quantitative estimate of drug-likeness (QED) is 0.655. The number of nitrogens with zero attached hydrogens (tertiary/aromatic N) is 4. The molecule has 9 nitrogen and oxygen atoms in total. The van der Waals surface area contributed by atoms with Crippen LogP contribution in [0.1, 0.15) is 5.56 Å². The first-order valence-electron chi connectivity index (χ1n) is 7.13. The maximum absolute atomic E-state index is 12.8. The normalized spacial score (nSPS) is 14.0. The Morgan fingerprint density at radius 1 is 1.38 bits per heavy atom. The highest BCUT2D eigenvalue weighted by molar-refractivity contribution is 6.09. The fourth-order valence-electron chi connectivity index (χ4n) is 2.46. The molecular weight excluding hydrogens is 359 g/mol. The largest absolute Gasteiger partial charge is 0.416 e. The van der Waals surface area contributed by atoms with Crippen molar-refractivity contribution in [2.75, 3.05) is 16.8 Å². The lowest BCUT2D eigenvalue weighted by atomic mass is 10.1. The molecule has 0 bridgehead atoms. The van der Waals surface area contributed by atoms with Crippen LogP contribution < -0.4 is 10.2 Å². The Hall–Kier alpha value is -3.44. The number of hydrogen-bond donors (Lipinski definition) is 1. The lowest BCUT2D eigenvalue weighted by Gasteiger charge is -2.29. The van der Waals surface area contributed by atoms with E-state index in [1.54, 1.807) is 0 Å². The van der Waals surface area contributed by atoms with Gasteiger partial charge in [-0.05, 0) is 28.1 Å². The number of carbonyl (C=O) groups excluding carboxylic acids is 2. The van der Waals surface area contributed by atoms with E-state index < -0.39 is 34.3 Å². The smallest absolute Gasteiger partial charge is 0.358 e.